The number of carboxylic acids is 1. The summed E-state index contributed by atoms with van der Waals surface area (Å²) in [7, 11) is 1.50. The van der Waals surface area contributed by atoms with Gasteiger partial charge >= 0.3 is 5.97 Å². The van der Waals surface area contributed by atoms with Gasteiger partial charge in [0.1, 0.15) is 11.8 Å². The van der Waals surface area contributed by atoms with Gasteiger partial charge in [0, 0.05) is 5.02 Å². The molecule has 8 heteroatoms. The minimum Gasteiger partial charge on any atom is -0.495 e. The van der Waals surface area contributed by atoms with Crippen LogP contribution in [0.15, 0.2) is 18.2 Å². The molecule has 1 unspecified atom stereocenters. The van der Waals surface area contributed by atoms with Crippen LogP contribution in [0, 0.1) is 0 Å². The third-order valence-corrected chi connectivity index (χ3v) is 3.78. The minimum absolute atomic E-state index is 0.196. The number of carbonyl (C=O) groups is 2. The predicted molar refractivity (Wildman–Crippen MR) is 84.2 cm³/mol. The van der Waals surface area contributed by atoms with Gasteiger partial charge in [0.15, 0.2) is 0 Å². The molecule has 0 aromatic heterocycles. The van der Waals surface area contributed by atoms with Gasteiger partial charge in [-0.25, -0.2) is 0 Å². The monoisotopic (exact) mass is 332 g/mol. The first-order valence-corrected chi connectivity index (χ1v) is 7.67. The van der Waals surface area contributed by atoms with E-state index in [0.717, 1.165) is 0 Å². The second-order valence-electron chi connectivity index (χ2n) is 4.18. The molecule has 1 aromatic carbocycles. The van der Waals surface area contributed by atoms with E-state index in [-0.39, 0.29) is 11.7 Å². The van der Waals surface area contributed by atoms with Gasteiger partial charge in [-0.15, -0.1) is 0 Å². The maximum Gasteiger partial charge on any atom is 0.320 e. The van der Waals surface area contributed by atoms with Crippen LogP contribution >= 0.6 is 23.4 Å². The Morgan fingerprint density at radius 3 is 2.86 bits per heavy atom. The highest BCUT2D eigenvalue weighted by molar-refractivity contribution is 7.99. The van der Waals surface area contributed by atoms with E-state index in [1.54, 1.807) is 18.2 Å². The van der Waals surface area contributed by atoms with Crippen LogP contribution < -0.4 is 15.8 Å². The summed E-state index contributed by atoms with van der Waals surface area (Å²) in [6.07, 6.45) is 0.313. The molecule has 0 fully saturated rings. The number of hydrogen-bond donors (Lipinski definition) is 3. The Balaban J connectivity index is 2.40. The van der Waals surface area contributed by atoms with Gasteiger partial charge in [0.2, 0.25) is 5.91 Å². The van der Waals surface area contributed by atoms with E-state index in [1.165, 1.54) is 18.9 Å². The van der Waals surface area contributed by atoms with Crippen molar-refractivity contribution in [2.75, 3.05) is 23.9 Å². The molecule has 0 bridgehead atoms. The Morgan fingerprint density at radius 1 is 1.52 bits per heavy atom. The molecule has 6 nitrogen and oxygen atoms in total. The predicted octanol–water partition coefficient (Wildman–Crippen LogP) is 1.82. The van der Waals surface area contributed by atoms with Gasteiger partial charge in [-0.1, -0.05) is 11.6 Å². The number of halogens is 1. The molecule has 0 radical (unpaired) electrons. The molecule has 0 spiro atoms. The van der Waals surface area contributed by atoms with Crippen molar-refractivity contribution in [2.24, 2.45) is 5.73 Å². The molecule has 1 atom stereocenters. The van der Waals surface area contributed by atoms with E-state index in [4.69, 9.17) is 27.2 Å². The summed E-state index contributed by atoms with van der Waals surface area (Å²) in [5.74, 6) is -0.0471. The number of aliphatic carboxylic acids is 1. The molecule has 0 heterocycles. The van der Waals surface area contributed by atoms with E-state index < -0.39 is 12.0 Å². The number of nitrogens with two attached hydrogens (primary N) is 1. The van der Waals surface area contributed by atoms with Crippen molar-refractivity contribution in [2.45, 2.75) is 12.5 Å². The normalized spacial score (nSPS) is 11.8. The van der Waals surface area contributed by atoms with Crippen LogP contribution in [-0.4, -0.2) is 41.6 Å². The summed E-state index contributed by atoms with van der Waals surface area (Å²) < 4.78 is 5.12. The first-order valence-electron chi connectivity index (χ1n) is 6.13. The van der Waals surface area contributed by atoms with Crippen molar-refractivity contribution in [3.8, 4) is 5.75 Å². The van der Waals surface area contributed by atoms with Crippen molar-refractivity contribution >= 4 is 40.9 Å². The number of methoxy groups -OCH3 is 1. The number of ether oxygens (including phenoxy) is 1. The van der Waals surface area contributed by atoms with Gasteiger partial charge in [-0.3, -0.25) is 9.59 Å². The molecule has 1 rings (SSSR count). The number of hydrogen-bond acceptors (Lipinski definition) is 5. The lowest BCUT2D eigenvalue weighted by molar-refractivity contribution is -0.138. The molecule has 0 aliphatic carbocycles. The molecule has 1 aromatic rings. The number of anilines is 1. The number of carbonyl (C=O) groups excluding carboxylic acids is 1. The lowest BCUT2D eigenvalue weighted by Crippen LogP contribution is -2.30. The number of benzene rings is 1. The van der Waals surface area contributed by atoms with Crippen molar-refractivity contribution in [3.63, 3.8) is 0 Å². The summed E-state index contributed by atoms with van der Waals surface area (Å²) in [6, 6.07) is 4.03. The highest BCUT2D eigenvalue weighted by Gasteiger charge is 2.12. The largest absolute Gasteiger partial charge is 0.495 e. The number of nitrogens with one attached hydrogen (secondary N) is 1. The third-order valence-electron chi connectivity index (χ3n) is 2.56. The maximum atomic E-state index is 11.8. The first kappa shape index (κ1) is 17.6. The van der Waals surface area contributed by atoms with Gasteiger partial charge in [-0.2, -0.15) is 11.8 Å². The van der Waals surface area contributed by atoms with Gasteiger partial charge in [0.25, 0.3) is 0 Å². The van der Waals surface area contributed by atoms with Crippen molar-refractivity contribution in [3.05, 3.63) is 23.2 Å². The zero-order chi connectivity index (χ0) is 15.8. The summed E-state index contributed by atoms with van der Waals surface area (Å²) in [5.41, 5.74) is 5.86. The average molecular weight is 333 g/mol. The molecule has 1 amide bonds. The zero-order valence-electron chi connectivity index (χ0n) is 11.5. The van der Waals surface area contributed by atoms with Crippen molar-refractivity contribution in [1.82, 2.24) is 0 Å². The summed E-state index contributed by atoms with van der Waals surface area (Å²) in [5, 5.41) is 11.8. The van der Waals surface area contributed by atoms with Gasteiger partial charge < -0.3 is 20.9 Å². The van der Waals surface area contributed by atoms with Gasteiger partial charge in [0.05, 0.1) is 18.6 Å². The molecule has 21 heavy (non-hydrogen) atoms. The summed E-state index contributed by atoms with van der Waals surface area (Å²) >= 11 is 7.18. The van der Waals surface area contributed by atoms with Crippen LogP contribution in [0.5, 0.6) is 5.75 Å². The lowest BCUT2D eigenvalue weighted by Gasteiger charge is -2.10. The molecule has 4 N–H and O–H groups in total. The number of thioether (sulfide) groups is 1. The van der Waals surface area contributed by atoms with Crippen molar-refractivity contribution < 1.29 is 19.4 Å². The lowest BCUT2D eigenvalue weighted by atomic mass is 10.2. The minimum atomic E-state index is -1.04. The van der Waals surface area contributed by atoms with Crippen molar-refractivity contribution in [1.29, 1.82) is 0 Å². The van der Waals surface area contributed by atoms with E-state index >= 15 is 0 Å². The molecule has 0 aliphatic heterocycles. The standard InChI is InChI=1S/C13H17ClN2O4S/c1-20-11-3-2-8(14)6-10(11)16-12(17)7-21-5-4-9(15)13(18)19/h2-3,6,9H,4-5,7,15H2,1H3,(H,16,17)(H,18,19). The van der Waals surface area contributed by atoms with Crippen LogP contribution in [0.4, 0.5) is 5.69 Å². The highest BCUT2D eigenvalue weighted by Crippen LogP contribution is 2.27. The summed E-state index contributed by atoms with van der Waals surface area (Å²) in [6.45, 7) is 0. The van der Waals surface area contributed by atoms with Crippen LogP contribution in [0.3, 0.4) is 0 Å². The second-order valence-corrected chi connectivity index (χ2v) is 5.72. The SMILES string of the molecule is COc1ccc(Cl)cc1NC(=O)CSCCC(N)C(=O)O. The topological polar surface area (TPSA) is 102 Å². The van der Waals surface area contributed by atoms with E-state index in [2.05, 4.69) is 5.32 Å². The molecule has 0 saturated carbocycles. The van der Waals surface area contributed by atoms with Crippen LogP contribution in [0.2, 0.25) is 5.02 Å². The average Bonchev–Trinajstić information content (AvgIpc) is 2.43. The Morgan fingerprint density at radius 2 is 2.24 bits per heavy atom. The van der Waals surface area contributed by atoms with Crippen LogP contribution in [-0.2, 0) is 9.59 Å². The Bertz CT molecular complexity index is 513. The molecule has 116 valence electrons. The Hall–Kier alpha value is -1.44. The maximum absolute atomic E-state index is 11.8. The third kappa shape index (κ3) is 6.24. The molecular formula is C13H17ClN2O4S. The quantitative estimate of drug-likeness (QED) is 0.628. The van der Waals surface area contributed by atoms with E-state index in [1.807, 2.05) is 0 Å². The smallest absolute Gasteiger partial charge is 0.320 e. The van der Waals surface area contributed by atoms with Crippen LogP contribution in [0.25, 0.3) is 0 Å². The summed E-state index contributed by atoms with van der Waals surface area (Å²) in [4.78, 5) is 22.3. The first-order chi connectivity index (χ1) is 9.93. The number of carboxylic acid groups (broad SMARTS) is 1. The van der Waals surface area contributed by atoms with Gasteiger partial charge in [-0.05, 0) is 30.4 Å². The fourth-order valence-corrected chi connectivity index (χ4v) is 2.46. The number of amides is 1. The van der Waals surface area contributed by atoms with E-state index in [9.17, 15) is 9.59 Å². The molecular weight excluding hydrogens is 316 g/mol. The Labute approximate surface area is 132 Å². The molecule has 0 aliphatic rings. The number of rotatable bonds is 8. The van der Waals surface area contributed by atoms with Crippen LogP contribution in [0.1, 0.15) is 6.42 Å². The fraction of sp³-hybridized carbons (Fsp3) is 0.385. The zero-order valence-corrected chi connectivity index (χ0v) is 13.0. The molecule has 0 saturated heterocycles. The Kier molecular flexibility index (Phi) is 7.35. The highest BCUT2D eigenvalue weighted by atomic mass is 35.5. The fourth-order valence-electron chi connectivity index (χ4n) is 1.46. The van der Waals surface area contributed by atoms with E-state index in [0.29, 0.717) is 28.6 Å². The second kappa shape index (κ2) is 8.76.